The highest BCUT2D eigenvalue weighted by atomic mass is 31.2. The van der Waals surface area contributed by atoms with Crippen molar-refractivity contribution < 1.29 is 9.90 Å². The minimum Gasteiger partial charge on any atom is -0.394 e. The molecule has 1 aromatic rings. The first-order valence-corrected chi connectivity index (χ1v) is 13.4. The van der Waals surface area contributed by atoms with Gasteiger partial charge in [0.1, 0.15) is 6.16 Å². The Morgan fingerprint density at radius 1 is 0.963 bits per heavy atom. The Kier molecular flexibility index (Phi) is 12.6. The van der Waals surface area contributed by atoms with Crippen molar-refractivity contribution in [1.82, 2.24) is 5.32 Å². The first-order valence-electron chi connectivity index (χ1n) is 10.9. The molecule has 1 aromatic carbocycles. The highest BCUT2D eigenvalue weighted by Gasteiger charge is 2.38. The number of carbonyl (C=O) groups is 1. The summed E-state index contributed by atoms with van der Waals surface area (Å²) in [6, 6.07) is 9.91. The number of benzene rings is 1. The SMILES string of the molecule is CCCC[P+](CCCC)(CCCC)CC(=O)N[C@H](CO)Cc1ccccc1. The zero-order chi connectivity index (χ0) is 20.0. The molecule has 0 saturated carbocycles. The van der Waals surface area contributed by atoms with Crippen LogP contribution in [0.15, 0.2) is 30.3 Å². The second-order valence-corrected chi connectivity index (χ2v) is 12.2. The number of unbranched alkanes of at least 4 members (excludes halogenated alkanes) is 3. The fourth-order valence-electron chi connectivity index (χ4n) is 3.69. The zero-order valence-corrected chi connectivity index (χ0v) is 18.6. The molecular weight excluding hydrogens is 353 g/mol. The third-order valence-electron chi connectivity index (χ3n) is 5.35. The third-order valence-corrected chi connectivity index (χ3v) is 10.1. The number of amides is 1. The van der Waals surface area contributed by atoms with E-state index in [1.807, 2.05) is 18.2 Å². The van der Waals surface area contributed by atoms with Crippen LogP contribution in [0.3, 0.4) is 0 Å². The van der Waals surface area contributed by atoms with Gasteiger partial charge in [-0.25, -0.2) is 0 Å². The summed E-state index contributed by atoms with van der Waals surface area (Å²) in [4.78, 5) is 12.9. The molecule has 1 atom stereocenters. The highest BCUT2D eigenvalue weighted by molar-refractivity contribution is 7.76. The van der Waals surface area contributed by atoms with E-state index in [4.69, 9.17) is 0 Å². The van der Waals surface area contributed by atoms with E-state index < -0.39 is 7.26 Å². The molecule has 0 radical (unpaired) electrons. The van der Waals surface area contributed by atoms with E-state index in [0.29, 0.717) is 12.6 Å². The van der Waals surface area contributed by atoms with Gasteiger partial charge in [0, 0.05) is 7.26 Å². The summed E-state index contributed by atoms with van der Waals surface area (Å²) in [5.41, 5.74) is 1.15. The molecule has 0 aliphatic rings. The van der Waals surface area contributed by atoms with Gasteiger partial charge in [0.15, 0.2) is 0 Å². The van der Waals surface area contributed by atoms with Crippen molar-refractivity contribution in [2.45, 2.75) is 71.8 Å². The summed E-state index contributed by atoms with van der Waals surface area (Å²) in [6.45, 7) is 6.73. The number of hydrogen-bond acceptors (Lipinski definition) is 2. The standard InChI is InChI=1S/C23H40NO2P/c1-4-7-15-27(16-8-5-2,17-9-6-3)20-23(26)24-22(19-25)18-21-13-11-10-12-14-21/h10-14,22,25H,4-9,15-20H2,1-3H3/p+1/t22-/m0/s1. The molecule has 0 unspecified atom stereocenters. The van der Waals surface area contributed by atoms with Crippen molar-refractivity contribution in [1.29, 1.82) is 0 Å². The lowest BCUT2D eigenvalue weighted by molar-refractivity contribution is -0.119. The summed E-state index contributed by atoms with van der Waals surface area (Å²) >= 11 is 0. The average molecular weight is 395 g/mol. The quantitative estimate of drug-likeness (QED) is 0.406. The van der Waals surface area contributed by atoms with Crippen LogP contribution in [0.1, 0.15) is 64.9 Å². The summed E-state index contributed by atoms with van der Waals surface area (Å²) < 4.78 is 0. The van der Waals surface area contributed by atoms with Crippen LogP contribution >= 0.6 is 7.26 Å². The van der Waals surface area contributed by atoms with Gasteiger partial charge in [-0.05, 0) is 31.2 Å². The second-order valence-electron chi connectivity index (χ2n) is 7.87. The Labute approximate surface area is 167 Å². The van der Waals surface area contributed by atoms with Crippen LogP contribution in [0.5, 0.6) is 0 Å². The van der Waals surface area contributed by atoms with Crippen LogP contribution in [-0.2, 0) is 11.2 Å². The maximum atomic E-state index is 12.9. The van der Waals surface area contributed by atoms with E-state index in [1.54, 1.807) is 0 Å². The smallest absolute Gasteiger partial charge is 0.257 e. The molecule has 0 aromatic heterocycles. The Morgan fingerprint density at radius 3 is 1.93 bits per heavy atom. The van der Waals surface area contributed by atoms with Crippen LogP contribution in [0, 0.1) is 0 Å². The maximum Gasteiger partial charge on any atom is 0.257 e. The summed E-state index contributed by atoms with van der Waals surface area (Å²) in [6.07, 6.45) is 12.5. The van der Waals surface area contributed by atoms with Gasteiger partial charge in [-0.15, -0.1) is 0 Å². The molecule has 0 bridgehead atoms. The number of aliphatic hydroxyl groups excluding tert-OH is 1. The fraction of sp³-hybridized carbons (Fsp3) is 0.696. The van der Waals surface area contributed by atoms with Crippen LogP contribution in [0.4, 0.5) is 0 Å². The maximum absolute atomic E-state index is 12.9. The second kappa shape index (κ2) is 14.1. The predicted octanol–water partition coefficient (Wildman–Crippen LogP) is 5.12. The van der Waals surface area contributed by atoms with E-state index in [1.165, 1.54) is 57.0 Å². The first-order chi connectivity index (χ1) is 13.1. The van der Waals surface area contributed by atoms with E-state index in [2.05, 4.69) is 38.2 Å². The minimum absolute atomic E-state index is 0.00897. The molecular formula is C23H41NO2P+. The Hall–Kier alpha value is -0.920. The third kappa shape index (κ3) is 9.72. The van der Waals surface area contributed by atoms with Crippen molar-refractivity contribution in [2.75, 3.05) is 31.3 Å². The van der Waals surface area contributed by atoms with Crippen molar-refractivity contribution in [3.63, 3.8) is 0 Å². The van der Waals surface area contributed by atoms with Crippen molar-refractivity contribution >= 4 is 13.2 Å². The number of hydrogen-bond donors (Lipinski definition) is 2. The number of rotatable bonds is 15. The molecule has 0 saturated heterocycles. The fourth-order valence-corrected chi connectivity index (χ4v) is 8.50. The van der Waals surface area contributed by atoms with Gasteiger partial charge in [0.05, 0.1) is 31.1 Å². The van der Waals surface area contributed by atoms with Gasteiger partial charge in [-0.1, -0.05) is 70.4 Å². The molecule has 0 fully saturated rings. The molecule has 0 aliphatic heterocycles. The van der Waals surface area contributed by atoms with Gasteiger partial charge >= 0.3 is 0 Å². The highest BCUT2D eigenvalue weighted by Crippen LogP contribution is 2.60. The van der Waals surface area contributed by atoms with Crippen molar-refractivity contribution in [3.05, 3.63) is 35.9 Å². The van der Waals surface area contributed by atoms with Gasteiger partial charge < -0.3 is 10.4 Å². The minimum atomic E-state index is -1.24. The van der Waals surface area contributed by atoms with Gasteiger partial charge in [-0.2, -0.15) is 0 Å². The van der Waals surface area contributed by atoms with Gasteiger partial charge in [-0.3, -0.25) is 4.79 Å². The number of nitrogens with one attached hydrogen (secondary N) is 1. The summed E-state index contributed by atoms with van der Waals surface area (Å²) in [5.74, 6) is 0.154. The van der Waals surface area contributed by atoms with Gasteiger partial charge in [0.25, 0.3) is 5.91 Å². The molecule has 1 amide bonds. The predicted molar refractivity (Wildman–Crippen MR) is 120 cm³/mol. The Bertz CT molecular complexity index is 485. The molecule has 1 rings (SSSR count). The van der Waals surface area contributed by atoms with E-state index >= 15 is 0 Å². The van der Waals surface area contributed by atoms with Gasteiger partial charge in [0.2, 0.25) is 0 Å². The molecule has 0 heterocycles. The lowest BCUT2D eigenvalue weighted by atomic mass is 10.1. The largest absolute Gasteiger partial charge is 0.394 e. The summed E-state index contributed by atoms with van der Waals surface area (Å²) in [5, 5.41) is 12.9. The van der Waals surface area contributed by atoms with E-state index in [9.17, 15) is 9.90 Å². The lowest BCUT2D eigenvalue weighted by Crippen LogP contribution is -2.41. The Morgan fingerprint density at radius 2 is 1.48 bits per heavy atom. The topological polar surface area (TPSA) is 49.3 Å². The number of carbonyl (C=O) groups excluding carboxylic acids is 1. The number of aliphatic hydroxyl groups is 1. The van der Waals surface area contributed by atoms with Crippen LogP contribution < -0.4 is 5.32 Å². The Balaban J connectivity index is 2.75. The molecule has 27 heavy (non-hydrogen) atoms. The normalized spacial score (nSPS) is 12.7. The molecule has 154 valence electrons. The molecule has 3 nitrogen and oxygen atoms in total. The van der Waals surface area contributed by atoms with E-state index in [0.717, 1.165) is 5.56 Å². The zero-order valence-electron chi connectivity index (χ0n) is 17.8. The summed E-state index contributed by atoms with van der Waals surface area (Å²) in [7, 11) is -1.24. The molecule has 4 heteroatoms. The van der Waals surface area contributed by atoms with Crippen LogP contribution in [0.2, 0.25) is 0 Å². The monoisotopic (exact) mass is 394 g/mol. The van der Waals surface area contributed by atoms with Crippen LogP contribution in [0.25, 0.3) is 0 Å². The van der Waals surface area contributed by atoms with Crippen molar-refractivity contribution in [2.24, 2.45) is 0 Å². The molecule has 0 aliphatic carbocycles. The molecule has 2 N–H and O–H groups in total. The first kappa shape index (κ1) is 24.1. The lowest BCUT2D eigenvalue weighted by Gasteiger charge is -2.28. The average Bonchev–Trinajstić information content (AvgIpc) is 2.69. The molecule has 0 spiro atoms. The van der Waals surface area contributed by atoms with Crippen molar-refractivity contribution in [3.8, 4) is 0 Å². The van der Waals surface area contributed by atoms with E-state index in [-0.39, 0.29) is 18.6 Å². The van der Waals surface area contributed by atoms with Crippen LogP contribution in [-0.4, -0.2) is 48.3 Å².